The molecule has 0 fully saturated rings. The number of carbonyl (C=O) groups excluding carboxylic acids is 1. The SMILES string of the molecule is CCOC(=O)C(CC)Oc1c(Cl)cccc1/C=C/C(=O)O. The van der Waals surface area contributed by atoms with Crippen molar-refractivity contribution in [2.45, 2.75) is 26.4 Å². The third-order valence-electron chi connectivity index (χ3n) is 2.58. The van der Waals surface area contributed by atoms with Crippen LogP contribution in [-0.2, 0) is 14.3 Å². The number of hydrogen-bond acceptors (Lipinski definition) is 4. The highest BCUT2D eigenvalue weighted by Crippen LogP contribution is 2.31. The molecule has 0 bridgehead atoms. The molecule has 0 radical (unpaired) electrons. The van der Waals surface area contributed by atoms with E-state index in [1.807, 2.05) is 0 Å². The number of hydrogen-bond donors (Lipinski definition) is 1. The van der Waals surface area contributed by atoms with E-state index in [1.54, 1.807) is 32.0 Å². The van der Waals surface area contributed by atoms with Crippen LogP contribution in [0.3, 0.4) is 0 Å². The van der Waals surface area contributed by atoms with Crippen LogP contribution < -0.4 is 4.74 Å². The number of halogens is 1. The summed E-state index contributed by atoms with van der Waals surface area (Å²) in [4.78, 5) is 22.4. The van der Waals surface area contributed by atoms with E-state index in [-0.39, 0.29) is 12.4 Å². The lowest BCUT2D eigenvalue weighted by Gasteiger charge is -2.18. The first kappa shape index (κ1) is 17.0. The minimum atomic E-state index is -1.08. The first-order valence-electron chi connectivity index (χ1n) is 6.52. The van der Waals surface area contributed by atoms with Crippen LogP contribution in [0.5, 0.6) is 5.75 Å². The molecule has 1 aromatic carbocycles. The Labute approximate surface area is 128 Å². The Kier molecular flexibility index (Phi) is 6.75. The van der Waals surface area contributed by atoms with E-state index in [9.17, 15) is 9.59 Å². The Balaban J connectivity index is 3.05. The van der Waals surface area contributed by atoms with Crippen molar-refractivity contribution in [1.29, 1.82) is 0 Å². The molecule has 6 heteroatoms. The molecule has 1 rings (SSSR count). The minimum absolute atomic E-state index is 0.257. The van der Waals surface area contributed by atoms with E-state index in [0.717, 1.165) is 6.08 Å². The predicted molar refractivity (Wildman–Crippen MR) is 79.5 cm³/mol. The zero-order valence-electron chi connectivity index (χ0n) is 11.8. The third kappa shape index (κ3) is 5.11. The molecule has 0 aliphatic rings. The van der Waals surface area contributed by atoms with Gasteiger partial charge in [-0.1, -0.05) is 30.7 Å². The molecular weight excluding hydrogens is 296 g/mol. The summed E-state index contributed by atoms with van der Waals surface area (Å²) in [5, 5.41) is 8.98. The lowest BCUT2D eigenvalue weighted by molar-refractivity contribution is -0.151. The second-order valence-corrected chi connectivity index (χ2v) is 4.50. The van der Waals surface area contributed by atoms with Gasteiger partial charge in [0.2, 0.25) is 0 Å². The van der Waals surface area contributed by atoms with Crippen LogP contribution in [-0.4, -0.2) is 29.8 Å². The molecule has 0 aliphatic heterocycles. The number of para-hydroxylation sites is 1. The summed E-state index contributed by atoms with van der Waals surface area (Å²) in [6.45, 7) is 3.75. The second-order valence-electron chi connectivity index (χ2n) is 4.10. The summed E-state index contributed by atoms with van der Waals surface area (Å²) in [6, 6.07) is 4.92. The summed E-state index contributed by atoms with van der Waals surface area (Å²) in [6.07, 6.45) is 1.96. The lowest BCUT2D eigenvalue weighted by Crippen LogP contribution is -2.29. The van der Waals surface area contributed by atoms with Crippen molar-refractivity contribution in [3.8, 4) is 5.75 Å². The topological polar surface area (TPSA) is 72.8 Å². The van der Waals surface area contributed by atoms with Crippen molar-refractivity contribution in [3.05, 3.63) is 34.9 Å². The van der Waals surface area contributed by atoms with Crippen LogP contribution >= 0.6 is 11.6 Å². The third-order valence-corrected chi connectivity index (χ3v) is 2.88. The fourth-order valence-electron chi connectivity index (χ4n) is 1.62. The number of benzene rings is 1. The summed E-state index contributed by atoms with van der Waals surface area (Å²) >= 11 is 6.07. The lowest BCUT2D eigenvalue weighted by atomic mass is 10.1. The molecule has 21 heavy (non-hydrogen) atoms. The first-order valence-corrected chi connectivity index (χ1v) is 6.90. The highest BCUT2D eigenvalue weighted by molar-refractivity contribution is 6.32. The van der Waals surface area contributed by atoms with Crippen LogP contribution in [0.4, 0.5) is 0 Å². The van der Waals surface area contributed by atoms with Gasteiger partial charge in [-0.2, -0.15) is 0 Å². The van der Waals surface area contributed by atoms with Gasteiger partial charge >= 0.3 is 11.9 Å². The van der Waals surface area contributed by atoms with Gasteiger partial charge in [-0.05, 0) is 25.5 Å². The van der Waals surface area contributed by atoms with E-state index in [0.29, 0.717) is 17.0 Å². The van der Waals surface area contributed by atoms with Crippen molar-refractivity contribution in [2.75, 3.05) is 6.61 Å². The average Bonchev–Trinajstić information content (AvgIpc) is 2.44. The molecule has 0 saturated heterocycles. The standard InChI is InChI=1S/C15H17ClO5/c1-3-12(15(19)20-4-2)21-14-10(8-9-13(17)18)6-5-7-11(14)16/h5-9,12H,3-4H2,1-2H3,(H,17,18)/b9-8+. The van der Waals surface area contributed by atoms with Gasteiger partial charge in [0.25, 0.3) is 0 Å². The van der Waals surface area contributed by atoms with Crippen LogP contribution in [0, 0.1) is 0 Å². The normalized spacial score (nSPS) is 12.1. The number of esters is 1. The molecule has 1 atom stereocenters. The van der Waals surface area contributed by atoms with E-state index < -0.39 is 18.0 Å². The number of ether oxygens (including phenoxy) is 2. The highest BCUT2D eigenvalue weighted by atomic mass is 35.5. The maximum absolute atomic E-state index is 11.8. The Hall–Kier alpha value is -2.01. The van der Waals surface area contributed by atoms with Gasteiger partial charge in [0.1, 0.15) is 5.75 Å². The summed E-state index contributed by atoms with van der Waals surface area (Å²) in [7, 11) is 0. The number of carboxylic acid groups (broad SMARTS) is 1. The van der Waals surface area contributed by atoms with Crippen molar-refractivity contribution >= 4 is 29.6 Å². The van der Waals surface area contributed by atoms with Gasteiger partial charge in [0.05, 0.1) is 11.6 Å². The zero-order valence-corrected chi connectivity index (χ0v) is 12.6. The van der Waals surface area contributed by atoms with Gasteiger partial charge in [-0.15, -0.1) is 0 Å². The van der Waals surface area contributed by atoms with Crippen LogP contribution in [0.15, 0.2) is 24.3 Å². The molecule has 0 aliphatic carbocycles. The number of carbonyl (C=O) groups is 2. The fourth-order valence-corrected chi connectivity index (χ4v) is 1.84. The minimum Gasteiger partial charge on any atom is -0.478 e. The van der Waals surface area contributed by atoms with Crippen molar-refractivity contribution in [3.63, 3.8) is 0 Å². The van der Waals surface area contributed by atoms with Crippen molar-refractivity contribution in [1.82, 2.24) is 0 Å². The summed E-state index contributed by atoms with van der Waals surface area (Å²) < 4.78 is 10.5. The smallest absolute Gasteiger partial charge is 0.347 e. The fraction of sp³-hybridized carbons (Fsp3) is 0.333. The molecule has 0 spiro atoms. The molecule has 114 valence electrons. The second kappa shape index (κ2) is 8.32. The van der Waals surface area contributed by atoms with Crippen molar-refractivity contribution in [2.24, 2.45) is 0 Å². The first-order chi connectivity index (χ1) is 9.99. The number of carboxylic acids is 1. The molecular formula is C15H17ClO5. The zero-order chi connectivity index (χ0) is 15.8. The van der Waals surface area contributed by atoms with E-state index in [1.165, 1.54) is 6.08 Å². The predicted octanol–water partition coefficient (Wildman–Crippen LogP) is 3.16. The van der Waals surface area contributed by atoms with E-state index >= 15 is 0 Å². The van der Waals surface area contributed by atoms with Gasteiger partial charge in [-0.3, -0.25) is 0 Å². The summed E-state index contributed by atoms with van der Waals surface area (Å²) in [5.41, 5.74) is 0.479. The molecule has 1 unspecified atom stereocenters. The van der Waals surface area contributed by atoms with Crippen molar-refractivity contribution < 1.29 is 24.2 Å². The quantitative estimate of drug-likeness (QED) is 0.618. The molecule has 1 aromatic rings. The highest BCUT2D eigenvalue weighted by Gasteiger charge is 2.21. The largest absolute Gasteiger partial charge is 0.478 e. The number of aliphatic carboxylic acids is 1. The Bertz CT molecular complexity index is 539. The Morgan fingerprint density at radius 1 is 1.38 bits per heavy atom. The van der Waals surface area contributed by atoms with Gasteiger partial charge in [0.15, 0.2) is 6.10 Å². The summed E-state index contributed by atoms with van der Waals surface area (Å²) in [5.74, 6) is -1.30. The van der Waals surface area contributed by atoms with Gasteiger partial charge < -0.3 is 14.6 Å². The van der Waals surface area contributed by atoms with Crippen LogP contribution in [0.25, 0.3) is 6.08 Å². The molecule has 0 amide bonds. The monoisotopic (exact) mass is 312 g/mol. The van der Waals surface area contributed by atoms with Crippen LogP contribution in [0.1, 0.15) is 25.8 Å². The number of rotatable bonds is 7. The maximum Gasteiger partial charge on any atom is 0.347 e. The molecule has 0 heterocycles. The Morgan fingerprint density at radius 2 is 2.10 bits per heavy atom. The van der Waals surface area contributed by atoms with E-state index in [4.69, 9.17) is 26.2 Å². The van der Waals surface area contributed by atoms with Gasteiger partial charge in [-0.25, -0.2) is 9.59 Å². The average molecular weight is 313 g/mol. The Morgan fingerprint density at radius 3 is 2.67 bits per heavy atom. The van der Waals surface area contributed by atoms with Gasteiger partial charge in [0, 0.05) is 11.6 Å². The molecule has 5 nitrogen and oxygen atoms in total. The van der Waals surface area contributed by atoms with Crippen LogP contribution in [0.2, 0.25) is 5.02 Å². The molecule has 0 aromatic heterocycles. The molecule has 0 saturated carbocycles. The molecule has 1 N–H and O–H groups in total. The maximum atomic E-state index is 11.8. The van der Waals surface area contributed by atoms with E-state index in [2.05, 4.69) is 0 Å².